The van der Waals surface area contributed by atoms with Gasteiger partial charge in [-0.2, -0.15) is 0 Å². The molecule has 3 N–H and O–H groups in total. The summed E-state index contributed by atoms with van der Waals surface area (Å²) >= 11 is 1.69. The van der Waals surface area contributed by atoms with E-state index < -0.39 is 0 Å². The van der Waals surface area contributed by atoms with Crippen molar-refractivity contribution < 1.29 is 0 Å². The second-order valence-corrected chi connectivity index (χ2v) is 2.57. The topological polar surface area (TPSA) is 47.9 Å². The zero-order chi connectivity index (χ0) is 5.28. The Morgan fingerprint density at radius 3 is 2.11 bits per heavy atom. The normalized spacial score (nSPS) is 7.33. The minimum atomic E-state index is 0. The van der Waals surface area contributed by atoms with Crippen molar-refractivity contribution >= 4 is 23.7 Å². The second kappa shape index (κ2) is 4.73. The van der Waals surface area contributed by atoms with Gasteiger partial charge in [0.05, 0.1) is 5.01 Å². The lowest BCUT2D eigenvalue weighted by Gasteiger charge is -1.71. The molecule has 0 spiro atoms. The van der Waals surface area contributed by atoms with Crippen LogP contribution in [0.1, 0.15) is 10.7 Å². The smallest absolute Gasteiger partial charge is 0.0897 e. The first-order valence-electron chi connectivity index (χ1n) is 2.18. The zero-order valence-corrected chi connectivity index (χ0v) is 7.18. The van der Waals surface area contributed by atoms with E-state index in [9.17, 15) is 0 Å². The van der Waals surface area contributed by atoms with Crippen LogP contribution < -0.4 is 6.15 Å². The molecule has 0 amide bonds. The van der Waals surface area contributed by atoms with E-state index >= 15 is 0 Å². The summed E-state index contributed by atoms with van der Waals surface area (Å²) < 4.78 is 0. The third kappa shape index (κ3) is 3.46. The Bertz CT molecular complexity index is 147. The summed E-state index contributed by atoms with van der Waals surface area (Å²) in [7, 11) is 0. The standard InChI is InChI=1S/C5H7NS.ClH.H3N/c1-4-3-7-5(2)6-4;;/h3H,1-2H3;1H;1H3. The van der Waals surface area contributed by atoms with Gasteiger partial charge >= 0.3 is 0 Å². The first kappa shape index (κ1) is 11.6. The van der Waals surface area contributed by atoms with Crippen molar-refractivity contribution in [3.05, 3.63) is 16.1 Å². The maximum Gasteiger partial charge on any atom is 0.0897 e. The van der Waals surface area contributed by atoms with Gasteiger partial charge < -0.3 is 6.15 Å². The molecule has 0 saturated carbocycles. The van der Waals surface area contributed by atoms with E-state index in [0.29, 0.717) is 0 Å². The number of hydrogen-bond acceptors (Lipinski definition) is 3. The van der Waals surface area contributed by atoms with Crippen LogP contribution >= 0.6 is 23.7 Å². The zero-order valence-electron chi connectivity index (χ0n) is 5.55. The largest absolute Gasteiger partial charge is 0.344 e. The van der Waals surface area contributed by atoms with Crippen LogP contribution in [0.4, 0.5) is 0 Å². The lowest BCUT2D eigenvalue weighted by Crippen LogP contribution is -1.67. The highest BCUT2D eigenvalue weighted by molar-refractivity contribution is 7.09. The Balaban J connectivity index is 0. The Kier molecular flexibility index (Phi) is 6.12. The molecule has 2 nitrogen and oxygen atoms in total. The molecule has 0 fully saturated rings. The Morgan fingerprint density at radius 2 is 2.00 bits per heavy atom. The van der Waals surface area contributed by atoms with E-state index in [4.69, 9.17) is 0 Å². The molecule has 0 atom stereocenters. The number of thiazole rings is 1. The van der Waals surface area contributed by atoms with Crippen molar-refractivity contribution in [3.8, 4) is 0 Å². The summed E-state index contributed by atoms with van der Waals surface area (Å²) in [4.78, 5) is 4.13. The Labute approximate surface area is 65.3 Å². The van der Waals surface area contributed by atoms with Crippen molar-refractivity contribution in [2.45, 2.75) is 13.8 Å². The Hall–Kier alpha value is -0.120. The summed E-state index contributed by atoms with van der Waals surface area (Å²) in [5.41, 5.74) is 1.13. The van der Waals surface area contributed by atoms with Crippen molar-refractivity contribution in [1.82, 2.24) is 11.1 Å². The fraction of sp³-hybridized carbons (Fsp3) is 0.400. The third-order valence-corrected chi connectivity index (χ3v) is 1.63. The van der Waals surface area contributed by atoms with E-state index in [1.54, 1.807) is 11.3 Å². The van der Waals surface area contributed by atoms with Gasteiger partial charge in [0.2, 0.25) is 0 Å². The van der Waals surface area contributed by atoms with Crippen LogP contribution in [0, 0.1) is 13.8 Å². The summed E-state index contributed by atoms with van der Waals surface area (Å²) in [6.07, 6.45) is 0. The van der Waals surface area contributed by atoms with Crippen molar-refractivity contribution in [2.75, 3.05) is 0 Å². The molecule has 9 heavy (non-hydrogen) atoms. The number of halogens is 1. The molecule has 1 heterocycles. The van der Waals surface area contributed by atoms with Crippen LogP contribution in [0.25, 0.3) is 0 Å². The van der Waals surface area contributed by atoms with E-state index in [1.807, 2.05) is 13.8 Å². The van der Waals surface area contributed by atoms with E-state index in [-0.39, 0.29) is 18.6 Å². The number of rotatable bonds is 0. The minimum absolute atomic E-state index is 0. The molecule has 0 bridgehead atoms. The van der Waals surface area contributed by atoms with Gasteiger partial charge in [-0.05, 0) is 13.8 Å². The number of hydrogen-bond donors (Lipinski definition) is 1. The SMILES string of the molecule is Cc1csc(C)n1.Cl.N. The molecular formula is C5H11ClN2S. The molecule has 0 radical (unpaired) electrons. The maximum absolute atomic E-state index is 4.13. The van der Waals surface area contributed by atoms with Gasteiger partial charge in [0, 0.05) is 11.1 Å². The van der Waals surface area contributed by atoms with Crippen molar-refractivity contribution in [3.63, 3.8) is 0 Å². The lowest BCUT2D eigenvalue weighted by molar-refractivity contribution is 1.20. The fourth-order valence-corrected chi connectivity index (χ4v) is 1.06. The van der Waals surface area contributed by atoms with Gasteiger partial charge in [-0.25, -0.2) is 4.98 Å². The molecule has 1 aromatic rings. The monoisotopic (exact) mass is 166 g/mol. The van der Waals surface area contributed by atoms with E-state index in [0.717, 1.165) is 10.7 Å². The van der Waals surface area contributed by atoms with E-state index in [2.05, 4.69) is 10.4 Å². The lowest BCUT2D eigenvalue weighted by atomic mass is 10.6. The Morgan fingerprint density at radius 1 is 1.44 bits per heavy atom. The van der Waals surface area contributed by atoms with Crippen LogP contribution in [0.5, 0.6) is 0 Å². The molecule has 0 saturated heterocycles. The van der Waals surface area contributed by atoms with Gasteiger partial charge in [-0.15, -0.1) is 23.7 Å². The number of aryl methyl sites for hydroxylation is 2. The molecule has 0 aliphatic heterocycles. The summed E-state index contributed by atoms with van der Waals surface area (Å²) in [6.45, 7) is 4.02. The van der Waals surface area contributed by atoms with Crippen molar-refractivity contribution in [2.24, 2.45) is 0 Å². The second-order valence-electron chi connectivity index (χ2n) is 1.51. The molecule has 0 aliphatic rings. The summed E-state index contributed by atoms with van der Waals surface area (Å²) in [6, 6.07) is 0. The van der Waals surface area contributed by atoms with Crippen molar-refractivity contribution in [1.29, 1.82) is 0 Å². The predicted octanol–water partition coefficient (Wildman–Crippen LogP) is 2.34. The average molecular weight is 167 g/mol. The van der Waals surface area contributed by atoms with Crippen LogP contribution in [-0.2, 0) is 0 Å². The quantitative estimate of drug-likeness (QED) is 0.643. The van der Waals surface area contributed by atoms with Crippen LogP contribution in [0.3, 0.4) is 0 Å². The number of aromatic nitrogens is 1. The molecule has 4 heteroatoms. The average Bonchev–Trinajstić information content (AvgIpc) is 1.87. The van der Waals surface area contributed by atoms with Crippen LogP contribution in [0.15, 0.2) is 5.38 Å². The van der Waals surface area contributed by atoms with Gasteiger partial charge in [0.25, 0.3) is 0 Å². The molecule has 1 aromatic heterocycles. The van der Waals surface area contributed by atoms with Crippen LogP contribution in [0.2, 0.25) is 0 Å². The maximum atomic E-state index is 4.13. The van der Waals surface area contributed by atoms with Gasteiger partial charge in [-0.3, -0.25) is 0 Å². The number of nitrogens with zero attached hydrogens (tertiary/aromatic N) is 1. The minimum Gasteiger partial charge on any atom is -0.344 e. The highest BCUT2D eigenvalue weighted by atomic mass is 35.5. The van der Waals surface area contributed by atoms with Gasteiger partial charge in [-0.1, -0.05) is 0 Å². The van der Waals surface area contributed by atoms with E-state index in [1.165, 1.54) is 0 Å². The van der Waals surface area contributed by atoms with Gasteiger partial charge in [0.15, 0.2) is 0 Å². The molecular weight excluding hydrogens is 156 g/mol. The fourth-order valence-electron chi connectivity index (χ4n) is 0.472. The highest BCUT2D eigenvalue weighted by Gasteiger charge is 1.85. The first-order chi connectivity index (χ1) is 3.29. The molecule has 0 aromatic carbocycles. The summed E-state index contributed by atoms with van der Waals surface area (Å²) in [5, 5.41) is 3.20. The predicted molar refractivity (Wildman–Crippen MR) is 43.9 cm³/mol. The molecule has 0 aliphatic carbocycles. The third-order valence-electron chi connectivity index (χ3n) is 0.734. The molecule has 1 rings (SSSR count). The van der Waals surface area contributed by atoms with Gasteiger partial charge in [0.1, 0.15) is 0 Å². The summed E-state index contributed by atoms with van der Waals surface area (Å²) in [5.74, 6) is 0. The first-order valence-corrected chi connectivity index (χ1v) is 3.06. The molecule has 54 valence electrons. The van der Waals surface area contributed by atoms with Crippen LogP contribution in [-0.4, -0.2) is 4.98 Å². The highest BCUT2D eigenvalue weighted by Crippen LogP contribution is 2.04. The molecule has 0 unspecified atom stereocenters.